The Labute approximate surface area is 177 Å². The number of amides is 1. The minimum Gasteiger partial charge on any atom is -0.406 e. The zero-order chi connectivity index (χ0) is 22.4. The summed E-state index contributed by atoms with van der Waals surface area (Å²) in [6.07, 6.45) is -1.90. The molecule has 0 aliphatic carbocycles. The third kappa shape index (κ3) is 4.13. The molecule has 1 spiro atoms. The molecular weight excluding hydrogens is 437 g/mol. The maximum atomic E-state index is 13.2. The summed E-state index contributed by atoms with van der Waals surface area (Å²) in [5.74, 6) is -0.488. The van der Waals surface area contributed by atoms with E-state index in [2.05, 4.69) is 9.84 Å². The number of anilines is 1. The Balaban J connectivity index is 1.44. The predicted octanol–water partition coefficient (Wildman–Crippen LogP) is 2.53. The second-order valence-electron chi connectivity index (χ2n) is 7.76. The first kappa shape index (κ1) is 21.6. The topological polar surface area (TPSA) is 84.7 Å². The molecule has 2 saturated heterocycles. The number of hydrogen-bond acceptors (Lipinski definition) is 5. The molecule has 8 nitrogen and oxygen atoms in total. The van der Waals surface area contributed by atoms with Crippen molar-refractivity contribution in [2.45, 2.75) is 30.7 Å². The number of hydrogen-bond donors (Lipinski definition) is 0. The van der Waals surface area contributed by atoms with Gasteiger partial charge in [-0.3, -0.25) is 9.48 Å². The quantitative estimate of drug-likeness (QED) is 0.703. The summed E-state index contributed by atoms with van der Waals surface area (Å²) in [7, 11) is -2.08. The fourth-order valence-corrected chi connectivity index (χ4v) is 5.57. The molecule has 0 radical (unpaired) electrons. The molecule has 2 aliphatic rings. The second kappa shape index (κ2) is 7.52. The minimum atomic E-state index is -4.78. The molecule has 0 bridgehead atoms. The van der Waals surface area contributed by atoms with Crippen LogP contribution in [0.2, 0.25) is 0 Å². The number of piperidine rings is 1. The number of nitrogens with zero attached hydrogens (tertiary/aromatic N) is 4. The minimum absolute atomic E-state index is 0.0218. The SMILES string of the molecule is Cn1ccc(S(=O)(=O)N2CCC3(CCN(c4ccc(OC(F)(F)F)cc4)C3=O)CC2)n1. The van der Waals surface area contributed by atoms with E-state index in [1.807, 2.05) is 0 Å². The van der Waals surface area contributed by atoms with Gasteiger partial charge in [0.2, 0.25) is 5.91 Å². The smallest absolute Gasteiger partial charge is 0.406 e. The fraction of sp³-hybridized carbons (Fsp3) is 0.474. The van der Waals surface area contributed by atoms with Gasteiger partial charge in [0, 0.05) is 38.6 Å². The molecule has 31 heavy (non-hydrogen) atoms. The molecule has 0 atom stereocenters. The van der Waals surface area contributed by atoms with Crippen molar-refractivity contribution in [3.05, 3.63) is 36.5 Å². The van der Waals surface area contributed by atoms with Gasteiger partial charge < -0.3 is 9.64 Å². The lowest BCUT2D eigenvalue weighted by Crippen LogP contribution is -2.46. The van der Waals surface area contributed by atoms with Crippen molar-refractivity contribution >= 4 is 21.6 Å². The summed E-state index contributed by atoms with van der Waals surface area (Å²) in [6.45, 7) is 0.832. The number of alkyl halides is 3. The zero-order valence-electron chi connectivity index (χ0n) is 16.7. The number of rotatable bonds is 4. The highest BCUT2D eigenvalue weighted by Gasteiger charge is 2.50. The fourth-order valence-electron chi connectivity index (χ4n) is 4.18. The molecule has 0 saturated carbocycles. The normalized spacial score (nSPS) is 19.9. The summed E-state index contributed by atoms with van der Waals surface area (Å²) < 4.78 is 69.2. The van der Waals surface area contributed by atoms with Crippen molar-refractivity contribution < 1.29 is 31.1 Å². The molecule has 2 aromatic rings. The average Bonchev–Trinajstić information content (AvgIpc) is 3.27. The van der Waals surface area contributed by atoms with Gasteiger partial charge in [0.15, 0.2) is 5.03 Å². The molecule has 3 heterocycles. The van der Waals surface area contributed by atoms with Crippen LogP contribution in [0.3, 0.4) is 0 Å². The first-order valence-electron chi connectivity index (χ1n) is 9.68. The van der Waals surface area contributed by atoms with Crippen LogP contribution in [0.4, 0.5) is 18.9 Å². The molecule has 0 unspecified atom stereocenters. The molecule has 4 rings (SSSR count). The maximum Gasteiger partial charge on any atom is 0.573 e. The largest absolute Gasteiger partial charge is 0.573 e. The van der Waals surface area contributed by atoms with Gasteiger partial charge in [0.05, 0.1) is 5.41 Å². The number of halogens is 3. The molecule has 12 heteroatoms. The van der Waals surface area contributed by atoms with Gasteiger partial charge in [-0.05, 0) is 49.6 Å². The highest BCUT2D eigenvalue weighted by atomic mass is 32.2. The maximum absolute atomic E-state index is 13.2. The van der Waals surface area contributed by atoms with Gasteiger partial charge in [-0.1, -0.05) is 0 Å². The van der Waals surface area contributed by atoms with Crippen LogP contribution < -0.4 is 9.64 Å². The molecule has 1 aromatic heterocycles. The molecule has 0 N–H and O–H groups in total. The number of carbonyl (C=O) groups is 1. The van der Waals surface area contributed by atoms with Crippen molar-refractivity contribution in [3.63, 3.8) is 0 Å². The predicted molar refractivity (Wildman–Crippen MR) is 104 cm³/mol. The van der Waals surface area contributed by atoms with Gasteiger partial charge in [-0.15, -0.1) is 13.2 Å². The van der Waals surface area contributed by atoms with E-state index < -0.39 is 21.8 Å². The van der Waals surface area contributed by atoms with Crippen LogP contribution in [0.5, 0.6) is 5.75 Å². The number of ether oxygens (including phenoxy) is 1. The van der Waals surface area contributed by atoms with Crippen LogP contribution in [0.1, 0.15) is 19.3 Å². The molecular formula is C19H21F3N4O4S. The van der Waals surface area contributed by atoms with Crippen molar-refractivity contribution in [3.8, 4) is 5.75 Å². The van der Waals surface area contributed by atoms with Crippen molar-refractivity contribution in [2.75, 3.05) is 24.5 Å². The molecule has 2 fully saturated rings. The van der Waals surface area contributed by atoms with E-state index in [1.54, 1.807) is 18.1 Å². The molecule has 1 aromatic carbocycles. The Morgan fingerprint density at radius 1 is 1.03 bits per heavy atom. The van der Waals surface area contributed by atoms with Gasteiger partial charge in [0.1, 0.15) is 5.75 Å². The van der Waals surface area contributed by atoms with E-state index in [0.717, 1.165) is 0 Å². The summed E-state index contributed by atoms with van der Waals surface area (Å²) in [6, 6.07) is 6.61. The van der Waals surface area contributed by atoms with Crippen LogP contribution in [0.15, 0.2) is 41.6 Å². The third-order valence-corrected chi connectivity index (χ3v) is 7.66. The van der Waals surface area contributed by atoms with Crippen LogP contribution >= 0.6 is 0 Å². The van der Waals surface area contributed by atoms with E-state index in [9.17, 15) is 26.4 Å². The third-order valence-electron chi connectivity index (χ3n) is 5.87. The van der Waals surface area contributed by atoms with Gasteiger partial charge in [-0.25, -0.2) is 8.42 Å². The lowest BCUT2D eigenvalue weighted by atomic mass is 9.77. The van der Waals surface area contributed by atoms with Crippen LogP contribution in [0, 0.1) is 5.41 Å². The van der Waals surface area contributed by atoms with Crippen LogP contribution in [-0.4, -0.2) is 54.4 Å². The van der Waals surface area contributed by atoms with Gasteiger partial charge in [0.25, 0.3) is 10.0 Å². The average molecular weight is 458 g/mol. The number of benzene rings is 1. The van der Waals surface area contributed by atoms with Crippen LogP contribution in [0.25, 0.3) is 0 Å². The standard InChI is InChI=1S/C19H21F3N4O4S/c1-24-10-6-16(23-24)31(28,29)25-11-7-18(8-12-25)9-13-26(17(18)27)14-2-4-15(5-3-14)30-19(20,21)22/h2-6,10H,7-9,11-13H2,1H3. The highest BCUT2D eigenvalue weighted by molar-refractivity contribution is 7.89. The van der Waals surface area contributed by atoms with Gasteiger partial charge in [-0.2, -0.15) is 9.40 Å². The highest BCUT2D eigenvalue weighted by Crippen LogP contribution is 2.44. The Morgan fingerprint density at radius 2 is 1.65 bits per heavy atom. The Kier molecular flexibility index (Phi) is 5.24. The summed E-state index contributed by atoms with van der Waals surface area (Å²) in [5.41, 5.74) is -0.183. The van der Waals surface area contributed by atoms with Crippen molar-refractivity contribution in [1.29, 1.82) is 0 Å². The summed E-state index contributed by atoms with van der Waals surface area (Å²) >= 11 is 0. The Hall–Kier alpha value is -2.60. The van der Waals surface area contributed by atoms with E-state index in [1.165, 1.54) is 39.3 Å². The van der Waals surface area contributed by atoms with Crippen molar-refractivity contribution in [2.24, 2.45) is 12.5 Å². The molecule has 2 aliphatic heterocycles. The summed E-state index contributed by atoms with van der Waals surface area (Å²) in [4.78, 5) is 14.7. The second-order valence-corrected chi connectivity index (χ2v) is 9.65. The zero-order valence-corrected chi connectivity index (χ0v) is 17.5. The van der Waals surface area contributed by atoms with E-state index in [-0.39, 0.29) is 29.8 Å². The Bertz CT molecular complexity index is 1070. The van der Waals surface area contributed by atoms with E-state index >= 15 is 0 Å². The first-order valence-corrected chi connectivity index (χ1v) is 11.1. The lowest BCUT2D eigenvalue weighted by Gasteiger charge is -2.36. The number of aryl methyl sites for hydroxylation is 1. The first-order chi connectivity index (χ1) is 14.5. The summed E-state index contributed by atoms with van der Waals surface area (Å²) in [5, 5.41) is 3.95. The lowest BCUT2D eigenvalue weighted by molar-refractivity contribution is -0.274. The number of carbonyl (C=O) groups excluding carboxylic acids is 1. The van der Waals surface area contributed by atoms with Crippen LogP contribution in [-0.2, 0) is 21.9 Å². The Morgan fingerprint density at radius 3 is 2.19 bits per heavy atom. The van der Waals surface area contributed by atoms with E-state index in [4.69, 9.17) is 0 Å². The number of sulfonamides is 1. The molecule has 1 amide bonds. The van der Waals surface area contributed by atoms with E-state index in [0.29, 0.717) is 31.5 Å². The van der Waals surface area contributed by atoms with Gasteiger partial charge >= 0.3 is 6.36 Å². The molecule has 168 valence electrons. The van der Waals surface area contributed by atoms with Crippen molar-refractivity contribution in [1.82, 2.24) is 14.1 Å². The number of aromatic nitrogens is 2. The monoisotopic (exact) mass is 458 g/mol.